The molecule has 0 aromatic heterocycles. The highest BCUT2D eigenvalue weighted by atomic mass is 16.6. The molecule has 0 rings (SSSR count). The number of unbranched alkanes of at least 4 members (excludes halogenated alkanes) is 27. The van der Waals surface area contributed by atoms with Crippen molar-refractivity contribution in [3.63, 3.8) is 0 Å². The minimum atomic E-state index is -0.802. The summed E-state index contributed by atoms with van der Waals surface area (Å²) in [6.45, 7) is 6.47. The van der Waals surface area contributed by atoms with Gasteiger partial charge in [-0.2, -0.15) is 0 Å². The second-order valence-electron chi connectivity index (χ2n) is 20.6. The summed E-state index contributed by atoms with van der Waals surface area (Å²) in [7, 11) is 0. The second kappa shape index (κ2) is 62.6. The lowest BCUT2D eigenvalue weighted by molar-refractivity contribution is -0.167. The summed E-state index contributed by atoms with van der Waals surface area (Å²) < 4.78 is 16.8. The Morgan fingerprint density at radius 3 is 0.840 bits per heavy atom. The number of ether oxygens (including phenoxy) is 3. The standard InChI is InChI=1S/C69H116O6/c1-4-7-10-13-16-19-21-23-25-27-29-31-32-33-34-35-36-38-39-41-43-45-47-50-53-56-59-62-68(71)74-65-66(64-73-67(70)61-58-55-52-49-18-15-12-9-6-3)75-69(72)63-60-57-54-51-48-46-44-42-40-37-30-28-26-24-22-20-17-14-11-8-5-2/h8,11,17,20-21,23-24,26-27,29-30,32-33,37,42,44,48,51,66H,4-7,9-10,12-16,18-19,22,25,28,31,34-36,38-41,43,45-47,49-50,52-65H2,1-3H3/b11-8-,20-17-,23-21-,26-24-,29-27-,33-32-,37-30-,44-42-,51-48-. The SMILES string of the molecule is CC/C=C\C/C=C\C/C=C\C/C=C\C/C=C\C/C=C\CCCCC(=O)OC(COC(=O)CCCCCCCCCCC)COC(=O)CCCCCCCCCCCCCC/C=C\C/C=C\C/C=C\CCCCCCC. The van der Waals surface area contributed by atoms with Gasteiger partial charge in [-0.25, -0.2) is 0 Å². The molecule has 0 aliphatic carbocycles. The van der Waals surface area contributed by atoms with Crippen LogP contribution >= 0.6 is 0 Å². The molecule has 0 aliphatic rings. The van der Waals surface area contributed by atoms with Gasteiger partial charge in [0.2, 0.25) is 0 Å². The van der Waals surface area contributed by atoms with E-state index in [1.807, 2.05) is 0 Å². The van der Waals surface area contributed by atoms with Crippen molar-refractivity contribution >= 4 is 17.9 Å². The van der Waals surface area contributed by atoms with Crippen molar-refractivity contribution in [1.82, 2.24) is 0 Å². The molecular formula is C69H116O6. The van der Waals surface area contributed by atoms with Crippen molar-refractivity contribution in [3.8, 4) is 0 Å². The van der Waals surface area contributed by atoms with E-state index >= 15 is 0 Å². The molecule has 0 spiro atoms. The third-order valence-electron chi connectivity index (χ3n) is 13.3. The Hall–Kier alpha value is -3.93. The van der Waals surface area contributed by atoms with E-state index in [1.54, 1.807) is 0 Å². The van der Waals surface area contributed by atoms with Crippen LogP contribution in [0.5, 0.6) is 0 Å². The van der Waals surface area contributed by atoms with Gasteiger partial charge in [-0.15, -0.1) is 0 Å². The van der Waals surface area contributed by atoms with Crippen molar-refractivity contribution in [2.24, 2.45) is 0 Å². The number of rotatable bonds is 56. The summed E-state index contributed by atoms with van der Waals surface area (Å²) in [5, 5.41) is 0. The lowest BCUT2D eigenvalue weighted by Gasteiger charge is -2.18. The van der Waals surface area contributed by atoms with Crippen LogP contribution in [0, 0.1) is 0 Å². The van der Waals surface area contributed by atoms with Crippen LogP contribution in [0.1, 0.15) is 290 Å². The molecule has 0 fully saturated rings. The van der Waals surface area contributed by atoms with Crippen LogP contribution in [-0.2, 0) is 28.6 Å². The summed E-state index contributed by atoms with van der Waals surface area (Å²) in [5.74, 6) is -0.940. The number of carbonyl (C=O) groups is 3. The normalized spacial score (nSPS) is 12.8. The highest BCUT2D eigenvalue weighted by Gasteiger charge is 2.19. The molecule has 0 radical (unpaired) electrons. The molecule has 0 amide bonds. The van der Waals surface area contributed by atoms with Crippen LogP contribution in [-0.4, -0.2) is 37.2 Å². The average Bonchev–Trinajstić information content (AvgIpc) is 3.41. The van der Waals surface area contributed by atoms with Gasteiger partial charge >= 0.3 is 17.9 Å². The highest BCUT2D eigenvalue weighted by molar-refractivity contribution is 5.71. The van der Waals surface area contributed by atoms with Crippen LogP contribution in [0.2, 0.25) is 0 Å². The molecule has 0 N–H and O–H groups in total. The molecular weight excluding hydrogens is 925 g/mol. The predicted octanol–water partition coefficient (Wildman–Crippen LogP) is 21.4. The minimum absolute atomic E-state index is 0.0955. The topological polar surface area (TPSA) is 78.9 Å². The Balaban J connectivity index is 4.29. The monoisotopic (exact) mass is 1040 g/mol. The molecule has 6 nitrogen and oxygen atoms in total. The Morgan fingerprint density at radius 1 is 0.280 bits per heavy atom. The average molecular weight is 1040 g/mol. The number of esters is 3. The lowest BCUT2D eigenvalue weighted by atomic mass is 10.0. The predicted molar refractivity (Wildman–Crippen MR) is 325 cm³/mol. The zero-order chi connectivity index (χ0) is 54.3. The first-order chi connectivity index (χ1) is 37.0. The molecule has 0 saturated carbocycles. The van der Waals surface area contributed by atoms with Gasteiger partial charge in [0.25, 0.3) is 0 Å². The van der Waals surface area contributed by atoms with Crippen molar-refractivity contribution in [1.29, 1.82) is 0 Å². The summed E-state index contributed by atoms with van der Waals surface area (Å²) in [6.07, 6.45) is 85.3. The number of hydrogen-bond acceptors (Lipinski definition) is 6. The Kier molecular flexibility index (Phi) is 59.3. The molecule has 428 valence electrons. The Bertz CT molecular complexity index is 1520. The van der Waals surface area contributed by atoms with E-state index in [4.69, 9.17) is 14.2 Å². The second-order valence-corrected chi connectivity index (χ2v) is 20.6. The maximum Gasteiger partial charge on any atom is 0.306 e. The number of hydrogen-bond donors (Lipinski definition) is 0. The van der Waals surface area contributed by atoms with Crippen molar-refractivity contribution in [3.05, 3.63) is 109 Å². The van der Waals surface area contributed by atoms with Gasteiger partial charge in [-0.1, -0.05) is 271 Å². The Labute approximate surface area is 463 Å². The largest absolute Gasteiger partial charge is 0.462 e. The van der Waals surface area contributed by atoms with Gasteiger partial charge in [0, 0.05) is 19.3 Å². The van der Waals surface area contributed by atoms with Gasteiger partial charge in [0.15, 0.2) is 6.10 Å². The zero-order valence-corrected chi connectivity index (χ0v) is 49.0. The summed E-state index contributed by atoms with van der Waals surface area (Å²) >= 11 is 0. The first kappa shape index (κ1) is 71.1. The van der Waals surface area contributed by atoms with Gasteiger partial charge in [0.1, 0.15) is 13.2 Å². The van der Waals surface area contributed by atoms with E-state index in [0.717, 1.165) is 103 Å². The third kappa shape index (κ3) is 60.8. The van der Waals surface area contributed by atoms with E-state index in [-0.39, 0.29) is 37.5 Å². The van der Waals surface area contributed by atoms with Crippen LogP contribution in [0.4, 0.5) is 0 Å². The third-order valence-corrected chi connectivity index (χ3v) is 13.3. The quantitative estimate of drug-likeness (QED) is 0.0261. The van der Waals surface area contributed by atoms with Gasteiger partial charge < -0.3 is 14.2 Å². The first-order valence-corrected chi connectivity index (χ1v) is 31.4. The van der Waals surface area contributed by atoms with Gasteiger partial charge in [0.05, 0.1) is 0 Å². The van der Waals surface area contributed by atoms with Crippen LogP contribution in [0.15, 0.2) is 109 Å². The minimum Gasteiger partial charge on any atom is -0.462 e. The van der Waals surface area contributed by atoms with E-state index in [9.17, 15) is 14.4 Å². The molecule has 0 aliphatic heterocycles. The number of carbonyl (C=O) groups excluding carboxylic acids is 3. The smallest absolute Gasteiger partial charge is 0.306 e. The summed E-state index contributed by atoms with van der Waals surface area (Å²) in [4.78, 5) is 38.1. The molecule has 0 bridgehead atoms. The molecule has 75 heavy (non-hydrogen) atoms. The van der Waals surface area contributed by atoms with Crippen LogP contribution < -0.4 is 0 Å². The fraction of sp³-hybridized carbons (Fsp3) is 0.696. The van der Waals surface area contributed by atoms with Crippen LogP contribution in [0.25, 0.3) is 0 Å². The molecule has 0 saturated heterocycles. The van der Waals surface area contributed by atoms with Gasteiger partial charge in [-0.3, -0.25) is 14.4 Å². The summed E-state index contributed by atoms with van der Waals surface area (Å²) in [5.41, 5.74) is 0. The van der Waals surface area contributed by atoms with E-state index in [0.29, 0.717) is 19.3 Å². The maximum absolute atomic E-state index is 12.9. The van der Waals surface area contributed by atoms with E-state index in [1.165, 1.54) is 141 Å². The molecule has 1 atom stereocenters. The van der Waals surface area contributed by atoms with E-state index < -0.39 is 6.10 Å². The van der Waals surface area contributed by atoms with Crippen LogP contribution in [0.3, 0.4) is 0 Å². The fourth-order valence-electron chi connectivity index (χ4n) is 8.57. The van der Waals surface area contributed by atoms with Crippen molar-refractivity contribution in [2.45, 2.75) is 297 Å². The van der Waals surface area contributed by atoms with Crippen molar-refractivity contribution in [2.75, 3.05) is 13.2 Å². The molecule has 1 unspecified atom stereocenters. The zero-order valence-electron chi connectivity index (χ0n) is 49.0. The Morgan fingerprint density at radius 2 is 0.520 bits per heavy atom. The molecule has 0 aromatic rings. The molecule has 0 heterocycles. The van der Waals surface area contributed by atoms with Gasteiger partial charge in [-0.05, 0) is 109 Å². The fourth-order valence-corrected chi connectivity index (χ4v) is 8.57. The highest BCUT2D eigenvalue weighted by Crippen LogP contribution is 2.15. The lowest BCUT2D eigenvalue weighted by Crippen LogP contribution is -2.30. The maximum atomic E-state index is 12.9. The first-order valence-electron chi connectivity index (χ1n) is 31.4. The molecule has 0 aromatic carbocycles. The van der Waals surface area contributed by atoms with E-state index in [2.05, 4.69) is 130 Å². The summed E-state index contributed by atoms with van der Waals surface area (Å²) in [6, 6.07) is 0. The molecule has 6 heteroatoms. The number of allylic oxidation sites excluding steroid dienone is 18. The van der Waals surface area contributed by atoms with Crippen molar-refractivity contribution < 1.29 is 28.6 Å².